The Balaban J connectivity index is 2.37. The van der Waals surface area contributed by atoms with E-state index in [1.165, 1.54) is 9.26 Å². The van der Waals surface area contributed by atoms with Crippen molar-refractivity contribution in [3.05, 3.63) is 49.6 Å². The van der Waals surface area contributed by atoms with Crippen LogP contribution in [0.4, 0.5) is 0 Å². The van der Waals surface area contributed by atoms with E-state index in [1.807, 2.05) is 12.4 Å². The van der Waals surface area contributed by atoms with Crippen molar-refractivity contribution in [2.45, 2.75) is 13.0 Å². The summed E-state index contributed by atoms with van der Waals surface area (Å²) in [7, 11) is 0. The highest BCUT2D eigenvalue weighted by Gasteiger charge is 2.12. The predicted molar refractivity (Wildman–Crippen MR) is 77.9 cm³/mol. The van der Waals surface area contributed by atoms with E-state index >= 15 is 0 Å². The van der Waals surface area contributed by atoms with Gasteiger partial charge in [0.15, 0.2) is 0 Å². The standard InChI is InChI=1S/C11H10I2N2/c1-8(9-5-3-2-4-6-9)15-7-14-10(12)11(15)13/h2-8H,1H3. The molecule has 0 fully saturated rings. The molecule has 78 valence electrons. The topological polar surface area (TPSA) is 17.8 Å². The van der Waals surface area contributed by atoms with Gasteiger partial charge in [-0.2, -0.15) is 0 Å². The van der Waals surface area contributed by atoms with E-state index in [9.17, 15) is 0 Å². The number of rotatable bonds is 2. The van der Waals surface area contributed by atoms with Crippen molar-refractivity contribution in [3.63, 3.8) is 0 Å². The SMILES string of the molecule is CC(c1ccccc1)n1cnc(I)c1I. The normalized spacial score (nSPS) is 12.7. The summed E-state index contributed by atoms with van der Waals surface area (Å²) in [6.45, 7) is 2.19. The van der Waals surface area contributed by atoms with Crippen LogP contribution in [-0.2, 0) is 0 Å². The zero-order valence-electron chi connectivity index (χ0n) is 8.19. The molecule has 0 N–H and O–H groups in total. The van der Waals surface area contributed by atoms with Crippen molar-refractivity contribution in [1.82, 2.24) is 9.55 Å². The molecule has 0 radical (unpaired) electrons. The van der Waals surface area contributed by atoms with Crippen LogP contribution in [0.5, 0.6) is 0 Å². The lowest BCUT2D eigenvalue weighted by Crippen LogP contribution is -2.07. The molecule has 0 amide bonds. The van der Waals surface area contributed by atoms with Crippen LogP contribution in [0.15, 0.2) is 36.7 Å². The molecule has 1 aromatic carbocycles. The predicted octanol–water partition coefficient (Wildman–Crippen LogP) is 3.70. The molecule has 0 spiro atoms. The Morgan fingerprint density at radius 3 is 2.40 bits per heavy atom. The van der Waals surface area contributed by atoms with E-state index in [0.29, 0.717) is 6.04 Å². The number of benzene rings is 1. The van der Waals surface area contributed by atoms with Gasteiger partial charge >= 0.3 is 0 Å². The highest BCUT2D eigenvalue weighted by molar-refractivity contribution is 14.1. The fourth-order valence-corrected chi connectivity index (χ4v) is 2.57. The number of nitrogens with zero attached hydrogens (tertiary/aromatic N) is 2. The molecule has 0 aliphatic carbocycles. The average molecular weight is 424 g/mol. The number of hydrogen-bond donors (Lipinski definition) is 0. The first-order chi connectivity index (χ1) is 7.20. The van der Waals surface area contributed by atoms with Gasteiger partial charge in [0, 0.05) is 0 Å². The van der Waals surface area contributed by atoms with E-state index in [-0.39, 0.29) is 0 Å². The van der Waals surface area contributed by atoms with Crippen LogP contribution in [0, 0.1) is 7.40 Å². The van der Waals surface area contributed by atoms with E-state index < -0.39 is 0 Å². The lowest BCUT2D eigenvalue weighted by molar-refractivity contribution is 0.625. The van der Waals surface area contributed by atoms with Gasteiger partial charge in [0.2, 0.25) is 0 Å². The van der Waals surface area contributed by atoms with E-state index in [0.717, 1.165) is 3.70 Å². The molecule has 15 heavy (non-hydrogen) atoms. The van der Waals surface area contributed by atoms with Gasteiger partial charge in [-0.1, -0.05) is 30.3 Å². The first kappa shape index (κ1) is 11.4. The van der Waals surface area contributed by atoms with Crippen LogP contribution in [0.1, 0.15) is 18.5 Å². The Hall–Kier alpha value is -0.110. The summed E-state index contributed by atoms with van der Waals surface area (Å²) < 4.78 is 4.46. The third-order valence-electron chi connectivity index (χ3n) is 2.39. The Labute approximate surface area is 116 Å². The minimum atomic E-state index is 0.342. The molecule has 1 heterocycles. The Bertz CT molecular complexity index is 451. The Morgan fingerprint density at radius 2 is 1.87 bits per heavy atom. The maximum absolute atomic E-state index is 4.30. The molecule has 4 heteroatoms. The van der Waals surface area contributed by atoms with Crippen LogP contribution in [0.25, 0.3) is 0 Å². The minimum Gasteiger partial charge on any atom is -0.318 e. The summed E-state index contributed by atoms with van der Waals surface area (Å²) in [6, 6.07) is 10.8. The van der Waals surface area contributed by atoms with Crippen LogP contribution in [0.2, 0.25) is 0 Å². The first-order valence-electron chi connectivity index (χ1n) is 4.63. The molecular formula is C11H10I2N2. The van der Waals surface area contributed by atoms with Crippen LogP contribution in [0.3, 0.4) is 0 Å². The van der Waals surface area contributed by atoms with Gasteiger partial charge in [0.1, 0.15) is 7.40 Å². The lowest BCUT2D eigenvalue weighted by Gasteiger charge is -2.14. The van der Waals surface area contributed by atoms with Crippen molar-refractivity contribution in [2.75, 3.05) is 0 Å². The number of imidazole rings is 1. The van der Waals surface area contributed by atoms with Crippen LogP contribution < -0.4 is 0 Å². The summed E-state index contributed by atoms with van der Waals surface area (Å²) >= 11 is 4.59. The highest BCUT2D eigenvalue weighted by Crippen LogP contribution is 2.22. The Morgan fingerprint density at radius 1 is 1.20 bits per heavy atom. The summed E-state index contributed by atoms with van der Waals surface area (Å²) in [5, 5.41) is 0. The van der Waals surface area contributed by atoms with Gasteiger partial charge in [-0.15, -0.1) is 0 Å². The summed E-state index contributed by atoms with van der Waals surface area (Å²) in [4.78, 5) is 4.30. The van der Waals surface area contributed by atoms with Crippen LogP contribution in [-0.4, -0.2) is 9.55 Å². The second kappa shape index (κ2) is 4.82. The number of hydrogen-bond acceptors (Lipinski definition) is 1. The van der Waals surface area contributed by atoms with Crippen molar-refractivity contribution in [2.24, 2.45) is 0 Å². The quantitative estimate of drug-likeness (QED) is 0.673. The van der Waals surface area contributed by atoms with E-state index in [1.54, 1.807) is 0 Å². The lowest BCUT2D eigenvalue weighted by atomic mass is 10.1. The molecule has 1 atom stereocenters. The molecule has 0 aliphatic heterocycles. The third kappa shape index (κ3) is 2.35. The molecule has 0 saturated carbocycles. The van der Waals surface area contributed by atoms with Gasteiger partial charge in [0.05, 0.1) is 12.4 Å². The zero-order chi connectivity index (χ0) is 10.8. The monoisotopic (exact) mass is 424 g/mol. The molecule has 1 unspecified atom stereocenters. The first-order valence-corrected chi connectivity index (χ1v) is 6.78. The summed E-state index contributed by atoms with van der Waals surface area (Å²) in [6.07, 6.45) is 1.90. The number of aromatic nitrogens is 2. The van der Waals surface area contributed by atoms with Gasteiger partial charge in [-0.3, -0.25) is 0 Å². The van der Waals surface area contributed by atoms with Gasteiger partial charge in [-0.25, -0.2) is 4.98 Å². The Kier molecular flexibility index (Phi) is 3.65. The largest absolute Gasteiger partial charge is 0.318 e. The van der Waals surface area contributed by atoms with Crippen molar-refractivity contribution in [3.8, 4) is 0 Å². The smallest absolute Gasteiger partial charge is 0.132 e. The van der Waals surface area contributed by atoms with Crippen molar-refractivity contribution < 1.29 is 0 Å². The maximum atomic E-state index is 4.30. The minimum absolute atomic E-state index is 0.342. The van der Waals surface area contributed by atoms with Gasteiger partial charge in [-0.05, 0) is 57.7 Å². The summed E-state index contributed by atoms with van der Waals surface area (Å²) in [5.74, 6) is 0. The molecule has 2 rings (SSSR count). The summed E-state index contributed by atoms with van der Waals surface area (Å²) in [5.41, 5.74) is 1.31. The molecule has 2 aromatic rings. The molecule has 0 saturated heterocycles. The van der Waals surface area contributed by atoms with E-state index in [2.05, 4.69) is 85.9 Å². The average Bonchev–Trinajstić information content (AvgIpc) is 2.60. The molecular weight excluding hydrogens is 414 g/mol. The fraction of sp³-hybridized carbons (Fsp3) is 0.182. The van der Waals surface area contributed by atoms with Gasteiger partial charge < -0.3 is 4.57 Å². The molecule has 0 aliphatic rings. The maximum Gasteiger partial charge on any atom is 0.132 e. The second-order valence-electron chi connectivity index (χ2n) is 3.32. The number of halogens is 2. The third-order valence-corrected chi connectivity index (χ3v) is 5.28. The van der Waals surface area contributed by atoms with Crippen molar-refractivity contribution >= 4 is 45.2 Å². The van der Waals surface area contributed by atoms with Gasteiger partial charge in [0.25, 0.3) is 0 Å². The van der Waals surface area contributed by atoms with E-state index in [4.69, 9.17) is 0 Å². The molecule has 1 aromatic heterocycles. The molecule has 0 bridgehead atoms. The zero-order valence-corrected chi connectivity index (χ0v) is 12.5. The molecule has 2 nitrogen and oxygen atoms in total. The fourth-order valence-electron chi connectivity index (χ4n) is 1.49. The van der Waals surface area contributed by atoms with Crippen LogP contribution >= 0.6 is 45.2 Å². The second-order valence-corrected chi connectivity index (χ2v) is 5.36. The van der Waals surface area contributed by atoms with Crippen molar-refractivity contribution in [1.29, 1.82) is 0 Å². The highest BCUT2D eigenvalue weighted by atomic mass is 127.